The van der Waals surface area contributed by atoms with Crippen LogP contribution in [0.5, 0.6) is 11.5 Å². The molecule has 2 N–H and O–H groups in total. The summed E-state index contributed by atoms with van der Waals surface area (Å²) in [4.78, 5) is 13.4. The molecule has 158 valence electrons. The predicted molar refractivity (Wildman–Crippen MR) is 119 cm³/mol. The molecule has 0 unspecified atom stereocenters. The lowest BCUT2D eigenvalue weighted by Gasteiger charge is -2.16. The molecule has 1 aliphatic heterocycles. The highest BCUT2D eigenvalue weighted by Crippen LogP contribution is 2.33. The summed E-state index contributed by atoms with van der Waals surface area (Å²) >= 11 is 6.41. The van der Waals surface area contributed by atoms with Crippen molar-refractivity contribution in [2.75, 3.05) is 25.5 Å². The second-order valence-electron chi connectivity index (χ2n) is 7.18. The van der Waals surface area contributed by atoms with Crippen LogP contribution < -0.4 is 20.1 Å². The van der Waals surface area contributed by atoms with Crippen LogP contribution in [-0.4, -0.2) is 45.7 Å². The number of fused-ring (bicyclic) bond motifs is 1. The van der Waals surface area contributed by atoms with Crippen molar-refractivity contribution in [2.45, 2.75) is 12.5 Å². The van der Waals surface area contributed by atoms with E-state index in [9.17, 15) is 0 Å². The zero-order chi connectivity index (χ0) is 21.2. The number of aromatic nitrogens is 4. The fraction of sp³-hybridized carbons (Fsp3) is 0.227. The van der Waals surface area contributed by atoms with Crippen LogP contribution in [0.3, 0.4) is 0 Å². The Kier molecular flexibility index (Phi) is 5.31. The molecule has 0 saturated carbocycles. The Bertz CT molecular complexity index is 1220. The standard InChI is InChI=1S/C22H21ClN6O2/c1-30-19-10-14(31-15-7-8-24-11-15)5-6-17(19)27-22-26-12-16(23)21(28-22)18-13-25-20-4-2-3-9-29(18)20/h2-6,9-10,12-13,15,24H,7-8,11H2,1H3,(H,26,27,28)/t15-/m1/s1. The van der Waals surface area contributed by atoms with Gasteiger partial charge in [-0.1, -0.05) is 17.7 Å². The van der Waals surface area contributed by atoms with E-state index in [4.69, 9.17) is 21.1 Å². The number of nitrogens with zero attached hydrogens (tertiary/aromatic N) is 4. The number of ether oxygens (including phenoxy) is 2. The molecule has 1 aromatic carbocycles. The highest BCUT2D eigenvalue weighted by atomic mass is 35.5. The van der Waals surface area contributed by atoms with E-state index in [1.54, 1.807) is 19.5 Å². The van der Waals surface area contributed by atoms with E-state index in [-0.39, 0.29) is 6.10 Å². The highest BCUT2D eigenvalue weighted by Gasteiger charge is 2.17. The minimum Gasteiger partial charge on any atom is -0.494 e. The summed E-state index contributed by atoms with van der Waals surface area (Å²) in [7, 11) is 1.62. The van der Waals surface area contributed by atoms with Crippen molar-refractivity contribution in [2.24, 2.45) is 0 Å². The molecule has 0 bridgehead atoms. The molecule has 4 aromatic rings. The van der Waals surface area contributed by atoms with Crippen molar-refractivity contribution in [3.63, 3.8) is 0 Å². The van der Waals surface area contributed by atoms with Gasteiger partial charge in [-0.15, -0.1) is 0 Å². The van der Waals surface area contributed by atoms with Gasteiger partial charge in [0.2, 0.25) is 5.95 Å². The minimum atomic E-state index is 0.177. The number of halogens is 1. The lowest BCUT2D eigenvalue weighted by Crippen LogP contribution is -2.19. The fourth-order valence-corrected chi connectivity index (χ4v) is 3.79. The van der Waals surface area contributed by atoms with E-state index in [1.165, 1.54) is 0 Å². The highest BCUT2D eigenvalue weighted by molar-refractivity contribution is 6.32. The van der Waals surface area contributed by atoms with Crippen LogP contribution >= 0.6 is 11.6 Å². The van der Waals surface area contributed by atoms with Crippen molar-refractivity contribution in [1.29, 1.82) is 0 Å². The molecule has 0 spiro atoms. The first kappa shape index (κ1) is 19.6. The third kappa shape index (κ3) is 3.99. The van der Waals surface area contributed by atoms with E-state index in [0.717, 1.165) is 42.3 Å². The molecule has 31 heavy (non-hydrogen) atoms. The van der Waals surface area contributed by atoms with Crippen LogP contribution in [0.1, 0.15) is 6.42 Å². The smallest absolute Gasteiger partial charge is 0.227 e. The van der Waals surface area contributed by atoms with Crippen molar-refractivity contribution in [3.05, 3.63) is 60.0 Å². The number of nitrogens with one attached hydrogen (secondary N) is 2. The Morgan fingerprint density at radius 2 is 2.13 bits per heavy atom. The molecule has 8 nitrogen and oxygen atoms in total. The van der Waals surface area contributed by atoms with E-state index in [2.05, 4.69) is 25.6 Å². The maximum Gasteiger partial charge on any atom is 0.227 e. The van der Waals surface area contributed by atoms with Crippen LogP contribution in [0.4, 0.5) is 11.6 Å². The zero-order valence-electron chi connectivity index (χ0n) is 16.9. The Labute approximate surface area is 184 Å². The summed E-state index contributed by atoms with van der Waals surface area (Å²) in [5.41, 5.74) is 2.92. The quantitative estimate of drug-likeness (QED) is 0.473. The van der Waals surface area contributed by atoms with Crippen LogP contribution in [0.25, 0.3) is 17.0 Å². The van der Waals surface area contributed by atoms with Crippen LogP contribution in [-0.2, 0) is 0 Å². The Morgan fingerprint density at radius 1 is 1.19 bits per heavy atom. The van der Waals surface area contributed by atoms with Crippen molar-refractivity contribution in [1.82, 2.24) is 24.7 Å². The lowest BCUT2D eigenvalue weighted by molar-refractivity contribution is 0.222. The largest absolute Gasteiger partial charge is 0.494 e. The third-order valence-corrected chi connectivity index (χ3v) is 5.42. The second-order valence-corrected chi connectivity index (χ2v) is 7.59. The minimum absolute atomic E-state index is 0.177. The molecule has 1 saturated heterocycles. The van der Waals surface area contributed by atoms with Crippen molar-refractivity contribution < 1.29 is 9.47 Å². The van der Waals surface area contributed by atoms with Gasteiger partial charge >= 0.3 is 0 Å². The first-order chi connectivity index (χ1) is 15.2. The van der Waals surface area contributed by atoms with Crippen molar-refractivity contribution in [3.8, 4) is 22.9 Å². The molecule has 1 fully saturated rings. The van der Waals surface area contributed by atoms with Crippen molar-refractivity contribution >= 4 is 28.9 Å². The third-order valence-electron chi connectivity index (χ3n) is 5.14. The summed E-state index contributed by atoms with van der Waals surface area (Å²) in [6, 6.07) is 11.5. The van der Waals surface area contributed by atoms with Gasteiger partial charge in [0.15, 0.2) is 0 Å². The monoisotopic (exact) mass is 436 g/mol. The number of pyridine rings is 1. The second kappa shape index (κ2) is 8.41. The van der Waals surface area contributed by atoms with Gasteiger partial charge < -0.3 is 20.1 Å². The summed E-state index contributed by atoms with van der Waals surface area (Å²) in [5.74, 6) is 1.80. The summed E-state index contributed by atoms with van der Waals surface area (Å²) < 4.78 is 13.5. The summed E-state index contributed by atoms with van der Waals surface area (Å²) in [5, 5.41) is 6.96. The van der Waals surface area contributed by atoms with E-state index in [1.807, 2.05) is 47.0 Å². The van der Waals surface area contributed by atoms with Gasteiger partial charge in [-0.25, -0.2) is 15.0 Å². The number of hydrogen-bond acceptors (Lipinski definition) is 7. The molecular formula is C22H21ClN6O2. The van der Waals surface area contributed by atoms with E-state index >= 15 is 0 Å². The predicted octanol–water partition coefficient (Wildman–Crippen LogP) is 3.94. The molecule has 1 aliphatic rings. The number of hydrogen-bond donors (Lipinski definition) is 2. The summed E-state index contributed by atoms with van der Waals surface area (Å²) in [6.07, 6.45) is 6.41. The number of anilines is 2. The average Bonchev–Trinajstić information content (AvgIpc) is 3.46. The first-order valence-electron chi connectivity index (χ1n) is 9.99. The Hall–Kier alpha value is -3.36. The molecule has 0 amide bonds. The maximum absolute atomic E-state index is 6.41. The molecule has 0 radical (unpaired) electrons. The SMILES string of the molecule is COc1cc(O[C@@H]2CCNC2)ccc1Nc1ncc(Cl)c(-c2cnc3ccccn23)n1. The van der Waals surface area contributed by atoms with Crippen LogP contribution in [0.15, 0.2) is 55.0 Å². The van der Waals surface area contributed by atoms with Gasteiger partial charge in [0.05, 0.1) is 35.9 Å². The van der Waals surface area contributed by atoms with E-state index < -0.39 is 0 Å². The topological polar surface area (TPSA) is 85.6 Å². The molecule has 5 rings (SSSR count). The summed E-state index contributed by atoms with van der Waals surface area (Å²) in [6.45, 7) is 1.83. The average molecular weight is 437 g/mol. The van der Waals surface area contributed by atoms with Gasteiger partial charge in [0.1, 0.15) is 28.9 Å². The number of methoxy groups -OCH3 is 1. The molecule has 1 atom stereocenters. The Balaban J connectivity index is 1.43. The van der Waals surface area contributed by atoms with E-state index in [0.29, 0.717) is 22.4 Å². The van der Waals surface area contributed by atoms with Gasteiger partial charge in [-0.05, 0) is 37.2 Å². The molecule has 0 aliphatic carbocycles. The number of benzene rings is 1. The van der Waals surface area contributed by atoms with Crippen LogP contribution in [0.2, 0.25) is 5.02 Å². The van der Waals surface area contributed by atoms with Gasteiger partial charge in [-0.3, -0.25) is 4.40 Å². The normalized spacial score (nSPS) is 15.9. The fourth-order valence-electron chi connectivity index (χ4n) is 3.60. The van der Waals surface area contributed by atoms with Gasteiger partial charge in [-0.2, -0.15) is 0 Å². The van der Waals surface area contributed by atoms with Gasteiger partial charge in [0.25, 0.3) is 0 Å². The van der Waals surface area contributed by atoms with Gasteiger partial charge in [0, 0.05) is 18.8 Å². The Morgan fingerprint density at radius 3 is 2.97 bits per heavy atom. The molecule has 4 heterocycles. The molecule has 9 heteroatoms. The lowest BCUT2D eigenvalue weighted by atomic mass is 10.2. The number of imidazole rings is 1. The van der Waals surface area contributed by atoms with Crippen LogP contribution in [0, 0.1) is 0 Å². The zero-order valence-corrected chi connectivity index (χ0v) is 17.6. The number of rotatable bonds is 6. The molecule has 3 aromatic heterocycles. The maximum atomic E-state index is 6.41. The molecular weight excluding hydrogens is 416 g/mol. The first-order valence-corrected chi connectivity index (χ1v) is 10.4.